The molecule has 8 nitrogen and oxygen atoms in total. The van der Waals surface area contributed by atoms with Crippen molar-refractivity contribution >= 4 is 33.9 Å². The van der Waals surface area contributed by atoms with Crippen molar-refractivity contribution < 1.29 is 37.4 Å². The summed E-state index contributed by atoms with van der Waals surface area (Å²) in [5, 5.41) is 7.12. The Morgan fingerprint density at radius 3 is 2.24 bits per heavy atom. The highest BCUT2D eigenvalue weighted by Gasteiger charge is 2.50. The van der Waals surface area contributed by atoms with Gasteiger partial charge in [-0.2, -0.15) is 13.2 Å². The number of benzene rings is 1. The SMILES string of the molecule is CCCCC1CN(CC2CCCCC2)C(=O)OC12CCN(C1CCN(C(=O)c3c(C)cccc3Br)CC1)CC2.O=C(O)C(F)(F)F. The molecule has 5 rings (SSSR count). The minimum atomic E-state index is -5.08. The van der Waals surface area contributed by atoms with Gasteiger partial charge in [0.25, 0.3) is 5.91 Å². The van der Waals surface area contributed by atoms with Gasteiger partial charge in [-0.3, -0.25) is 9.69 Å². The van der Waals surface area contributed by atoms with E-state index in [9.17, 15) is 22.8 Å². The minimum Gasteiger partial charge on any atom is -0.475 e. The lowest BCUT2D eigenvalue weighted by atomic mass is 9.75. The van der Waals surface area contributed by atoms with Gasteiger partial charge in [-0.1, -0.05) is 51.2 Å². The number of likely N-dealkylation sites (tertiary alicyclic amines) is 2. The molecule has 1 atom stereocenters. The van der Waals surface area contributed by atoms with E-state index in [0.717, 1.165) is 87.0 Å². The summed E-state index contributed by atoms with van der Waals surface area (Å²) in [7, 11) is 0. The maximum atomic E-state index is 13.3. The fourth-order valence-corrected chi connectivity index (χ4v) is 8.37. The van der Waals surface area contributed by atoms with Crippen LogP contribution in [0.1, 0.15) is 99.9 Å². The molecule has 3 heterocycles. The van der Waals surface area contributed by atoms with Crippen molar-refractivity contribution in [2.75, 3.05) is 39.3 Å². The Morgan fingerprint density at radius 1 is 1.04 bits per heavy atom. The van der Waals surface area contributed by atoms with Crippen molar-refractivity contribution in [2.24, 2.45) is 11.8 Å². The second kappa shape index (κ2) is 16.2. The van der Waals surface area contributed by atoms with E-state index >= 15 is 0 Å². The molecule has 1 aromatic carbocycles. The zero-order valence-corrected chi connectivity index (χ0v) is 28.7. The number of carbonyl (C=O) groups excluding carboxylic acids is 2. The molecule has 1 N–H and O–H groups in total. The van der Waals surface area contributed by atoms with Gasteiger partial charge in [0, 0.05) is 68.5 Å². The number of hydrogen-bond donors (Lipinski definition) is 1. The molecule has 1 saturated carbocycles. The molecule has 0 aromatic heterocycles. The summed E-state index contributed by atoms with van der Waals surface area (Å²) in [6, 6.07) is 6.45. The quantitative estimate of drug-likeness (QED) is 0.312. The first-order chi connectivity index (χ1) is 21.8. The third-order valence-electron chi connectivity index (χ3n) is 10.4. The molecule has 0 radical (unpaired) electrons. The number of aryl methyl sites for hydroxylation is 1. The molecule has 1 unspecified atom stereocenters. The number of unbranched alkanes of at least 4 members (excludes halogenated alkanes) is 1. The van der Waals surface area contributed by atoms with Crippen LogP contribution in [0.4, 0.5) is 18.0 Å². The molecule has 1 aliphatic carbocycles. The van der Waals surface area contributed by atoms with E-state index in [-0.39, 0.29) is 17.6 Å². The van der Waals surface area contributed by atoms with Crippen molar-refractivity contribution in [1.29, 1.82) is 0 Å². The largest absolute Gasteiger partial charge is 0.490 e. The Bertz CT molecular complexity index is 1170. The molecular formula is C34H49BrF3N3O5. The molecule has 4 aliphatic rings. The molecule has 1 aromatic rings. The Balaban J connectivity index is 0.000000617. The Labute approximate surface area is 279 Å². The second-order valence-electron chi connectivity index (χ2n) is 13.5. The van der Waals surface area contributed by atoms with Gasteiger partial charge in [-0.05, 0) is 72.5 Å². The Hall–Kier alpha value is -2.34. The van der Waals surface area contributed by atoms with Crippen LogP contribution in [0.3, 0.4) is 0 Å². The molecule has 2 amide bonds. The number of carboxylic acid groups (broad SMARTS) is 1. The molecule has 12 heteroatoms. The van der Waals surface area contributed by atoms with Gasteiger partial charge < -0.3 is 19.6 Å². The van der Waals surface area contributed by atoms with Gasteiger partial charge in [-0.25, -0.2) is 9.59 Å². The fraction of sp³-hybridized carbons (Fsp3) is 0.735. The standard InChI is InChI=1S/C32H48BrN3O3.C2HF3O2/c1-3-4-12-26-23-36(22-25-10-6-5-7-11-25)31(38)39-32(26)16-20-34(21-17-32)27-14-18-35(19-15-27)30(37)29-24(2)9-8-13-28(29)33;3-2(4,5)1(6)7/h8-9,13,25-27H,3-7,10-12,14-23H2,1-2H3;(H,6,7). The van der Waals surface area contributed by atoms with Gasteiger partial charge in [0.1, 0.15) is 5.60 Å². The van der Waals surface area contributed by atoms with E-state index in [0.29, 0.717) is 17.9 Å². The van der Waals surface area contributed by atoms with Gasteiger partial charge >= 0.3 is 18.2 Å². The van der Waals surface area contributed by atoms with Crippen LogP contribution in [-0.4, -0.2) is 94.9 Å². The van der Waals surface area contributed by atoms with Gasteiger partial charge in [-0.15, -0.1) is 0 Å². The lowest BCUT2D eigenvalue weighted by molar-refractivity contribution is -0.192. The van der Waals surface area contributed by atoms with E-state index in [4.69, 9.17) is 14.6 Å². The van der Waals surface area contributed by atoms with E-state index in [1.807, 2.05) is 30.0 Å². The molecule has 0 bridgehead atoms. The lowest BCUT2D eigenvalue weighted by Crippen LogP contribution is -2.61. The van der Waals surface area contributed by atoms with Crippen molar-refractivity contribution in [2.45, 2.75) is 109 Å². The van der Waals surface area contributed by atoms with E-state index in [2.05, 4.69) is 32.7 Å². The van der Waals surface area contributed by atoms with Crippen molar-refractivity contribution in [1.82, 2.24) is 14.7 Å². The van der Waals surface area contributed by atoms with Crippen LogP contribution < -0.4 is 0 Å². The number of carbonyl (C=O) groups is 3. The first-order valence-corrected chi connectivity index (χ1v) is 17.7. The third-order valence-corrected chi connectivity index (χ3v) is 11.1. The Morgan fingerprint density at radius 2 is 1.67 bits per heavy atom. The molecule has 46 heavy (non-hydrogen) atoms. The number of alkyl halides is 3. The smallest absolute Gasteiger partial charge is 0.475 e. The van der Waals surface area contributed by atoms with Crippen LogP contribution in [-0.2, 0) is 9.53 Å². The zero-order chi connectivity index (χ0) is 33.5. The summed E-state index contributed by atoms with van der Waals surface area (Å²) >= 11 is 3.58. The summed E-state index contributed by atoms with van der Waals surface area (Å²) in [5.74, 6) is -1.53. The number of piperidine rings is 2. The maximum absolute atomic E-state index is 13.3. The summed E-state index contributed by atoms with van der Waals surface area (Å²) in [6.45, 7) is 9.62. The second-order valence-corrected chi connectivity index (χ2v) is 14.3. The predicted octanol–water partition coefficient (Wildman–Crippen LogP) is 7.67. The number of amides is 2. The van der Waals surface area contributed by atoms with Crippen LogP contribution in [0.25, 0.3) is 0 Å². The number of nitrogens with zero attached hydrogens (tertiary/aromatic N) is 3. The predicted molar refractivity (Wildman–Crippen MR) is 173 cm³/mol. The van der Waals surface area contributed by atoms with Gasteiger partial charge in [0.05, 0.1) is 5.56 Å². The minimum absolute atomic E-state index is 0.0593. The van der Waals surface area contributed by atoms with Gasteiger partial charge in [0.15, 0.2) is 0 Å². The van der Waals surface area contributed by atoms with Crippen LogP contribution in [0, 0.1) is 18.8 Å². The number of ether oxygens (including phenoxy) is 1. The number of hydrogen-bond acceptors (Lipinski definition) is 5. The molecule has 4 fully saturated rings. The molecule has 3 aliphatic heterocycles. The number of carboxylic acids is 1. The summed E-state index contributed by atoms with van der Waals surface area (Å²) < 4.78 is 39.1. The fourth-order valence-electron chi connectivity index (χ4n) is 7.74. The molecular weight excluding hydrogens is 667 g/mol. The molecule has 258 valence electrons. The average molecular weight is 717 g/mol. The number of aliphatic carboxylic acids is 1. The van der Waals surface area contributed by atoms with Gasteiger partial charge in [0.2, 0.25) is 0 Å². The molecule has 3 saturated heterocycles. The first kappa shape index (κ1) is 36.5. The van der Waals surface area contributed by atoms with E-state index < -0.39 is 12.1 Å². The Kier molecular flexibility index (Phi) is 12.8. The van der Waals surface area contributed by atoms with Crippen LogP contribution in [0.2, 0.25) is 0 Å². The van der Waals surface area contributed by atoms with Crippen LogP contribution in [0.15, 0.2) is 22.7 Å². The lowest BCUT2D eigenvalue weighted by Gasteiger charge is -2.52. The molecule has 1 spiro atoms. The normalized spacial score (nSPS) is 23.1. The van der Waals surface area contributed by atoms with E-state index in [1.54, 1.807) is 0 Å². The highest BCUT2D eigenvalue weighted by Crippen LogP contribution is 2.42. The number of rotatable bonds is 7. The monoisotopic (exact) mass is 715 g/mol. The van der Waals surface area contributed by atoms with Crippen molar-refractivity contribution in [3.63, 3.8) is 0 Å². The zero-order valence-electron chi connectivity index (χ0n) is 27.1. The number of halogens is 4. The van der Waals surface area contributed by atoms with E-state index in [1.165, 1.54) is 44.9 Å². The highest BCUT2D eigenvalue weighted by molar-refractivity contribution is 9.10. The summed E-state index contributed by atoms with van der Waals surface area (Å²) in [6.07, 6.45) is 8.79. The van der Waals surface area contributed by atoms with Crippen LogP contribution in [0.5, 0.6) is 0 Å². The maximum Gasteiger partial charge on any atom is 0.490 e. The third kappa shape index (κ3) is 9.17. The van der Waals surface area contributed by atoms with Crippen molar-refractivity contribution in [3.8, 4) is 0 Å². The highest BCUT2D eigenvalue weighted by atomic mass is 79.9. The first-order valence-electron chi connectivity index (χ1n) is 16.9. The van der Waals surface area contributed by atoms with Crippen LogP contribution >= 0.6 is 15.9 Å². The summed E-state index contributed by atoms with van der Waals surface area (Å²) in [4.78, 5) is 42.1. The summed E-state index contributed by atoms with van der Waals surface area (Å²) in [5.41, 5.74) is 1.53. The topological polar surface area (TPSA) is 90.4 Å². The van der Waals surface area contributed by atoms with Crippen molar-refractivity contribution in [3.05, 3.63) is 33.8 Å². The average Bonchev–Trinajstić information content (AvgIpc) is 3.02.